The number of hydrogen-bond donors (Lipinski definition) is 0. The third-order valence-corrected chi connectivity index (χ3v) is 2.90. The first-order chi connectivity index (χ1) is 10.5. The third kappa shape index (κ3) is 3.69. The topological polar surface area (TPSA) is 18.5 Å². The molecule has 0 spiro atoms. The Balaban J connectivity index is 2.27. The third-order valence-electron chi connectivity index (χ3n) is 2.90. The van der Waals surface area contributed by atoms with E-state index in [0.717, 1.165) is 0 Å². The smallest absolute Gasteiger partial charge is 0.387 e. The molecule has 22 heavy (non-hydrogen) atoms. The first-order valence-electron chi connectivity index (χ1n) is 6.69. The molecule has 0 amide bonds. The van der Waals surface area contributed by atoms with Crippen molar-refractivity contribution in [2.75, 3.05) is 6.61 Å². The quantitative estimate of drug-likeness (QED) is 0.697. The highest BCUT2D eigenvalue weighted by Gasteiger charge is 2.16. The van der Waals surface area contributed by atoms with E-state index < -0.39 is 18.2 Å². The van der Waals surface area contributed by atoms with Crippen LogP contribution in [0, 0.1) is 11.6 Å². The average Bonchev–Trinajstić information content (AvgIpc) is 2.49. The van der Waals surface area contributed by atoms with Crippen molar-refractivity contribution in [3.63, 3.8) is 0 Å². The van der Waals surface area contributed by atoms with Crippen LogP contribution in [0.25, 0.3) is 11.1 Å². The lowest BCUT2D eigenvalue weighted by molar-refractivity contribution is -0.0498. The van der Waals surface area contributed by atoms with Gasteiger partial charge in [0.25, 0.3) is 0 Å². The zero-order valence-electron chi connectivity index (χ0n) is 11.8. The lowest BCUT2D eigenvalue weighted by Gasteiger charge is -2.10. The summed E-state index contributed by atoms with van der Waals surface area (Å²) in [5.41, 5.74) is 0.366. The van der Waals surface area contributed by atoms with Crippen molar-refractivity contribution < 1.29 is 27.0 Å². The summed E-state index contributed by atoms with van der Waals surface area (Å²) in [6.07, 6.45) is 0.675. The maximum absolute atomic E-state index is 14.1. The maximum Gasteiger partial charge on any atom is 0.387 e. The number of rotatable bonds is 6. The van der Waals surface area contributed by atoms with Gasteiger partial charge in [0.05, 0.1) is 6.61 Å². The molecule has 0 saturated carbocycles. The van der Waals surface area contributed by atoms with Gasteiger partial charge in [-0.1, -0.05) is 19.1 Å². The number of halogens is 4. The van der Waals surface area contributed by atoms with Gasteiger partial charge in [-0.15, -0.1) is 0 Å². The predicted molar refractivity (Wildman–Crippen MR) is 74.2 cm³/mol. The Morgan fingerprint density at radius 2 is 1.64 bits per heavy atom. The number of benzene rings is 2. The molecule has 6 heteroatoms. The summed E-state index contributed by atoms with van der Waals surface area (Å²) in [6, 6.07) is 8.00. The van der Waals surface area contributed by atoms with E-state index in [1.54, 1.807) is 0 Å². The van der Waals surface area contributed by atoms with Crippen LogP contribution in [-0.4, -0.2) is 13.2 Å². The number of ether oxygens (including phenoxy) is 2. The van der Waals surface area contributed by atoms with E-state index in [1.165, 1.54) is 36.4 Å². The fourth-order valence-electron chi connectivity index (χ4n) is 1.89. The standard InChI is InChI=1S/C16H14F4O2/c1-2-9-21-13-8-7-12(14(17)15(13)18)10-3-5-11(6-4-10)22-16(19)20/h3-8,16H,2,9H2,1H3. The molecule has 0 aromatic heterocycles. The highest BCUT2D eigenvalue weighted by molar-refractivity contribution is 5.66. The van der Waals surface area contributed by atoms with Crippen LogP contribution in [0.3, 0.4) is 0 Å². The molecule has 0 N–H and O–H groups in total. The highest BCUT2D eigenvalue weighted by Crippen LogP contribution is 2.31. The summed E-state index contributed by atoms with van der Waals surface area (Å²) < 4.78 is 61.4. The SMILES string of the molecule is CCCOc1ccc(-c2ccc(OC(F)F)cc2)c(F)c1F. The average molecular weight is 314 g/mol. The monoisotopic (exact) mass is 314 g/mol. The van der Waals surface area contributed by atoms with Crippen LogP contribution in [0.5, 0.6) is 11.5 Å². The Bertz CT molecular complexity index is 627. The van der Waals surface area contributed by atoms with Crippen LogP contribution < -0.4 is 9.47 Å². The molecule has 2 nitrogen and oxygen atoms in total. The van der Waals surface area contributed by atoms with Gasteiger partial charge in [0.2, 0.25) is 5.82 Å². The molecule has 0 aliphatic carbocycles. The summed E-state index contributed by atoms with van der Waals surface area (Å²) in [6.45, 7) is -0.795. The summed E-state index contributed by atoms with van der Waals surface area (Å²) in [7, 11) is 0. The molecule has 118 valence electrons. The number of alkyl halides is 2. The molecular weight excluding hydrogens is 300 g/mol. The molecule has 0 aliphatic heterocycles. The van der Waals surface area contributed by atoms with Crippen molar-refractivity contribution >= 4 is 0 Å². The lowest BCUT2D eigenvalue weighted by Crippen LogP contribution is -2.02. The first kappa shape index (κ1) is 16.1. The van der Waals surface area contributed by atoms with Crippen molar-refractivity contribution in [2.45, 2.75) is 20.0 Å². The summed E-state index contributed by atoms with van der Waals surface area (Å²) >= 11 is 0. The van der Waals surface area contributed by atoms with Gasteiger partial charge in [-0.05, 0) is 36.2 Å². The van der Waals surface area contributed by atoms with E-state index in [9.17, 15) is 17.6 Å². The van der Waals surface area contributed by atoms with E-state index in [1.807, 2.05) is 6.92 Å². The highest BCUT2D eigenvalue weighted by atomic mass is 19.3. The van der Waals surface area contributed by atoms with E-state index >= 15 is 0 Å². The maximum atomic E-state index is 14.1. The fourth-order valence-corrected chi connectivity index (χ4v) is 1.89. The molecule has 2 aromatic carbocycles. The summed E-state index contributed by atoms with van der Waals surface area (Å²) in [5.74, 6) is -2.32. The normalized spacial score (nSPS) is 10.8. The second kappa shape index (κ2) is 7.15. The van der Waals surface area contributed by atoms with Crippen LogP contribution in [-0.2, 0) is 0 Å². The van der Waals surface area contributed by atoms with Gasteiger partial charge in [0.15, 0.2) is 11.6 Å². The van der Waals surface area contributed by atoms with Gasteiger partial charge in [-0.25, -0.2) is 4.39 Å². The van der Waals surface area contributed by atoms with Gasteiger partial charge in [0, 0.05) is 5.56 Å². The second-order valence-corrected chi connectivity index (χ2v) is 4.49. The van der Waals surface area contributed by atoms with Gasteiger partial charge in [-0.3, -0.25) is 0 Å². The van der Waals surface area contributed by atoms with Gasteiger partial charge < -0.3 is 9.47 Å². The first-order valence-corrected chi connectivity index (χ1v) is 6.69. The second-order valence-electron chi connectivity index (χ2n) is 4.49. The van der Waals surface area contributed by atoms with E-state index in [-0.39, 0.29) is 23.7 Å². The molecule has 0 unspecified atom stereocenters. The Kier molecular flexibility index (Phi) is 5.25. The minimum atomic E-state index is -2.94. The summed E-state index contributed by atoms with van der Waals surface area (Å²) in [4.78, 5) is 0. The molecule has 0 saturated heterocycles. The Labute approximate surface area is 125 Å². The summed E-state index contributed by atoms with van der Waals surface area (Å²) in [5, 5.41) is 0. The minimum absolute atomic E-state index is 0.0185. The Morgan fingerprint density at radius 3 is 2.23 bits per heavy atom. The van der Waals surface area contributed by atoms with Gasteiger partial charge >= 0.3 is 6.61 Å². The Morgan fingerprint density at radius 1 is 0.955 bits per heavy atom. The van der Waals surface area contributed by atoms with Crippen molar-refractivity contribution in [2.24, 2.45) is 0 Å². The van der Waals surface area contributed by atoms with Crippen molar-refractivity contribution in [3.8, 4) is 22.6 Å². The molecule has 0 bridgehead atoms. The Hall–Kier alpha value is -2.24. The van der Waals surface area contributed by atoms with Crippen LogP contribution in [0.15, 0.2) is 36.4 Å². The van der Waals surface area contributed by atoms with Crippen LogP contribution in [0.4, 0.5) is 17.6 Å². The van der Waals surface area contributed by atoms with Gasteiger partial charge in [0.1, 0.15) is 5.75 Å². The zero-order valence-corrected chi connectivity index (χ0v) is 11.8. The van der Waals surface area contributed by atoms with Crippen LogP contribution in [0.2, 0.25) is 0 Å². The molecule has 0 atom stereocenters. The minimum Gasteiger partial charge on any atom is -0.490 e. The predicted octanol–water partition coefficient (Wildman–Crippen LogP) is 5.02. The molecular formula is C16H14F4O2. The van der Waals surface area contributed by atoms with Gasteiger partial charge in [-0.2, -0.15) is 13.2 Å². The van der Waals surface area contributed by atoms with Crippen molar-refractivity contribution in [1.82, 2.24) is 0 Å². The van der Waals surface area contributed by atoms with E-state index in [4.69, 9.17) is 4.74 Å². The molecule has 0 radical (unpaired) electrons. The van der Waals surface area contributed by atoms with Crippen LogP contribution in [0.1, 0.15) is 13.3 Å². The molecule has 0 fully saturated rings. The molecule has 2 aromatic rings. The lowest BCUT2D eigenvalue weighted by atomic mass is 10.0. The molecule has 2 rings (SSSR count). The largest absolute Gasteiger partial charge is 0.490 e. The van der Waals surface area contributed by atoms with Crippen molar-refractivity contribution in [1.29, 1.82) is 0 Å². The zero-order chi connectivity index (χ0) is 16.1. The molecule has 0 aliphatic rings. The van der Waals surface area contributed by atoms with Crippen LogP contribution >= 0.6 is 0 Å². The fraction of sp³-hybridized carbons (Fsp3) is 0.250. The van der Waals surface area contributed by atoms with E-state index in [2.05, 4.69) is 4.74 Å². The number of hydrogen-bond acceptors (Lipinski definition) is 2. The van der Waals surface area contributed by atoms with Crippen molar-refractivity contribution in [3.05, 3.63) is 48.0 Å². The molecule has 0 heterocycles. The van der Waals surface area contributed by atoms with E-state index in [0.29, 0.717) is 12.0 Å².